The van der Waals surface area contributed by atoms with Gasteiger partial charge < -0.3 is 24.2 Å². The van der Waals surface area contributed by atoms with Crippen molar-refractivity contribution >= 4 is 28.5 Å². The van der Waals surface area contributed by atoms with Crippen LogP contribution < -0.4 is 19.7 Å². The molecule has 1 fully saturated rings. The van der Waals surface area contributed by atoms with Crippen LogP contribution in [0.3, 0.4) is 0 Å². The van der Waals surface area contributed by atoms with Crippen molar-refractivity contribution in [1.82, 2.24) is 15.1 Å². The van der Waals surface area contributed by atoms with E-state index in [1.165, 1.54) is 18.5 Å². The number of rotatable bonds is 6. The van der Waals surface area contributed by atoms with E-state index in [9.17, 15) is 9.18 Å². The summed E-state index contributed by atoms with van der Waals surface area (Å²) in [5, 5.41) is 7.78. The Bertz CT molecular complexity index is 1360. The average Bonchev–Trinajstić information content (AvgIpc) is 3.34. The average molecular weight is 477 g/mol. The standard InChI is InChI=1S/C25H24FN5O4/c1-33-18-9-10-19(20(12-18)34-2)29-24(32)16-4-3-11-31(13-16)23-21-22(15-5-7-17(26)8-6-15)30-35-25(21)28-14-27-23/h5-10,12,14,16H,3-4,11,13H2,1-2H3,(H,29,32)/t16-/m1/s1. The minimum atomic E-state index is -0.337. The fourth-order valence-corrected chi connectivity index (χ4v) is 4.34. The molecule has 9 nitrogen and oxygen atoms in total. The Morgan fingerprint density at radius 2 is 1.97 bits per heavy atom. The molecule has 4 aromatic rings. The summed E-state index contributed by atoms with van der Waals surface area (Å²) in [6, 6.07) is 11.3. The number of anilines is 2. The summed E-state index contributed by atoms with van der Waals surface area (Å²) >= 11 is 0. The van der Waals surface area contributed by atoms with Crippen molar-refractivity contribution in [2.24, 2.45) is 5.92 Å². The van der Waals surface area contributed by atoms with E-state index in [-0.39, 0.29) is 17.6 Å². The summed E-state index contributed by atoms with van der Waals surface area (Å²) in [6.07, 6.45) is 2.97. The lowest BCUT2D eigenvalue weighted by molar-refractivity contribution is -0.120. The maximum Gasteiger partial charge on any atom is 0.263 e. The first kappa shape index (κ1) is 22.6. The molecule has 35 heavy (non-hydrogen) atoms. The van der Waals surface area contributed by atoms with Crippen LogP contribution >= 0.6 is 0 Å². The van der Waals surface area contributed by atoms with Crippen LogP contribution in [0.1, 0.15) is 12.8 Å². The number of hydrogen-bond acceptors (Lipinski definition) is 8. The molecular formula is C25H24FN5O4. The molecule has 1 saturated heterocycles. The molecule has 2 aromatic heterocycles. The van der Waals surface area contributed by atoms with Crippen LogP contribution in [0.4, 0.5) is 15.9 Å². The van der Waals surface area contributed by atoms with Gasteiger partial charge in [0.2, 0.25) is 5.91 Å². The number of carbonyl (C=O) groups is 1. The first-order valence-electron chi connectivity index (χ1n) is 11.2. The number of nitrogens with zero attached hydrogens (tertiary/aromatic N) is 4. The van der Waals surface area contributed by atoms with Crippen molar-refractivity contribution in [2.75, 3.05) is 37.5 Å². The third-order valence-electron chi connectivity index (χ3n) is 6.13. The van der Waals surface area contributed by atoms with Crippen LogP contribution in [0.2, 0.25) is 0 Å². The lowest BCUT2D eigenvalue weighted by Crippen LogP contribution is -2.41. The minimum Gasteiger partial charge on any atom is -0.497 e. The highest BCUT2D eigenvalue weighted by Crippen LogP contribution is 2.35. The summed E-state index contributed by atoms with van der Waals surface area (Å²) in [4.78, 5) is 23.9. The molecule has 0 spiro atoms. The van der Waals surface area contributed by atoms with Crippen LogP contribution in [0, 0.1) is 11.7 Å². The van der Waals surface area contributed by atoms with Gasteiger partial charge in [0, 0.05) is 24.7 Å². The van der Waals surface area contributed by atoms with E-state index >= 15 is 0 Å². The van der Waals surface area contributed by atoms with Gasteiger partial charge in [-0.15, -0.1) is 0 Å². The van der Waals surface area contributed by atoms with Crippen LogP contribution in [-0.4, -0.2) is 48.3 Å². The molecule has 180 valence electrons. The SMILES string of the molecule is COc1ccc(NC(=O)[C@@H]2CCCN(c3ncnc4onc(-c5ccc(F)cc5)c34)C2)c(OC)c1. The lowest BCUT2D eigenvalue weighted by Gasteiger charge is -2.33. The van der Waals surface area contributed by atoms with E-state index in [0.29, 0.717) is 51.9 Å². The smallest absolute Gasteiger partial charge is 0.263 e. The number of carbonyl (C=O) groups excluding carboxylic acids is 1. The normalized spacial score (nSPS) is 15.7. The van der Waals surface area contributed by atoms with Gasteiger partial charge in [-0.3, -0.25) is 4.79 Å². The van der Waals surface area contributed by atoms with Crippen LogP contribution in [0.5, 0.6) is 11.5 Å². The zero-order valence-corrected chi connectivity index (χ0v) is 19.3. The monoisotopic (exact) mass is 477 g/mol. The predicted molar refractivity (Wildman–Crippen MR) is 128 cm³/mol. The number of piperidine rings is 1. The Morgan fingerprint density at radius 1 is 1.14 bits per heavy atom. The first-order chi connectivity index (χ1) is 17.1. The fraction of sp³-hybridized carbons (Fsp3) is 0.280. The summed E-state index contributed by atoms with van der Waals surface area (Å²) in [7, 11) is 3.12. The van der Waals surface area contributed by atoms with Gasteiger partial charge in [0.25, 0.3) is 5.71 Å². The molecule has 0 bridgehead atoms. The van der Waals surface area contributed by atoms with E-state index < -0.39 is 0 Å². The number of benzene rings is 2. The lowest BCUT2D eigenvalue weighted by atomic mass is 9.96. The van der Waals surface area contributed by atoms with Gasteiger partial charge in [-0.05, 0) is 49.2 Å². The Balaban J connectivity index is 1.40. The number of nitrogens with one attached hydrogen (secondary N) is 1. The number of halogens is 1. The Kier molecular flexibility index (Phi) is 6.17. The summed E-state index contributed by atoms with van der Waals surface area (Å²) < 4.78 is 29.5. The van der Waals surface area contributed by atoms with E-state index in [2.05, 4.69) is 20.4 Å². The largest absolute Gasteiger partial charge is 0.497 e. The topological polar surface area (TPSA) is 103 Å². The van der Waals surface area contributed by atoms with Crippen molar-refractivity contribution < 1.29 is 23.2 Å². The molecule has 0 aliphatic carbocycles. The first-order valence-corrected chi connectivity index (χ1v) is 11.2. The van der Waals surface area contributed by atoms with Crippen molar-refractivity contribution in [3.63, 3.8) is 0 Å². The Hall–Kier alpha value is -4.21. The number of hydrogen-bond donors (Lipinski definition) is 1. The number of fused-ring (bicyclic) bond motifs is 1. The molecule has 5 rings (SSSR count). The number of amides is 1. The molecule has 1 amide bonds. The highest BCUT2D eigenvalue weighted by Gasteiger charge is 2.30. The van der Waals surface area contributed by atoms with Gasteiger partial charge in [-0.2, -0.15) is 4.98 Å². The highest BCUT2D eigenvalue weighted by atomic mass is 19.1. The van der Waals surface area contributed by atoms with Gasteiger partial charge in [0.05, 0.1) is 25.8 Å². The third kappa shape index (κ3) is 4.46. The summed E-state index contributed by atoms with van der Waals surface area (Å²) in [5.74, 6) is 1.09. The number of aromatic nitrogens is 3. The second kappa shape index (κ2) is 9.57. The van der Waals surface area contributed by atoms with Gasteiger partial charge >= 0.3 is 0 Å². The summed E-state index contributed by atoms with van der Waals surface area (Å²) in [5.41, 5.74) is 2.14. The van der Waals surface area contributed by atoms with E-state index in [0.717, 1.165) is 19.4 Å². The molecule has 0 radical (unpaired) electrons. The second-order valence-electron chi connectivity index (χ2n) is 8.26. The molecule has 0 unspecified atom stereocenters. The Labute approximate surface area is 200 Å². The third-order valence-corrected chi connectivity index (χ3v) is 6.13. The van der Waals surface area contributed by atoms with Crippen molar-refractivity contribution in [1.29, 1.82) is 0 Å². The second-order valence-corrected chi connectivity index (χ2v) is 8.26. The molecule has 3 heterocycles. The summed E-state index contributed by atoms with van der Waals surface area (Å²) in [6.45, 7) is 1.18. The quantitative estimate of drug-likeness (QED) is 0.439. The van der Waals surface area contributed by atoms with Gasteiger partial charge in [-0.25, -0.2) is 9.37 Å². The van der Waals surface area contributed by atoms with Crippen LogP contribution in [-0.2, 0) is 4.79 Å². The molecule has 1 atom stereocenters. The zero-order chi connectivity index (χ0) is 24.4. The minimum absolute atomic E-state index is 0.104. The highest BCUT2D eigenvalue weighted by molar-refractivity contribution is 5.98. The zero-order valence-electron chi connectivity index (χ0n) is 19.3. The van der Waals surface area contributed by atoms with Gasteiger partial charge in [0.15, 0.2) is 0 Å². The molecule has 2 aromatic carbocycles. The van der Waals surface area contributed by atoms with Crippen LogP contribution in [0.15, 0.2) is 53.3 Å². The molecule has 0 saturated carbocycles. The predicted octanol–water partition coefficient (Wildman–Crippen LogP) is 4.30. The van der Waals surface area contributed by atoms with Crippen molar-refractivity contribution in [3.8, 4) is 22.8 Å². The van der Waals surface area contributed by atoms with Gasteiger partial charge in [0.1, 0.15) is 40.5 Å². The molecule has 1 aliphatic rings. The maximum atomic E-state index is 13.4. The maximum absolute atomic E-state index is 13.4. The van der Waals surface area contributed by atoms with E-state index in [1.54, 1.807) is 44.6 Å². The molecular weight excluding hydrogens is 453 g/mol. The van der Waals surface area contributed by atoms with E-state index in [4.69, 9.17) is 14.0 Å². The van der Waals surface area contributed by atoms with Crippen molar-refractivity contribution in [2.45, 2.75) is 12.8 Å². The van der Waals surface area contributed by atoms with Gasteiger partial charge in [-0.1, -0.05) is 5.16 Å². The van der Waals surface area contributed by atoms with Crippen molar-refractivity contribution in [3.05, 3.63) is 54.6 Å². The molecule has 1 aliphatic heterocycles. The molecule has 1 N–H and O–H groups in total. The number of methoxy groups -OCH3 is 2. The fourth-order valence-electron chi connectivity index (χ4n) is 4.34. The van der Waals surface area contributed by atoms with E-state index in [1.807, 2.05) is 4.90 Å². The number of ether oxygens (including phenoxy) is 2. The van der Waals surface area contributed by atoms with Crippen LogP contribution in [0.25, 0.3) is 22.4 Å². The Morgan fingerprint density at radius 3 is 2.74 bits per heavy atom. The molecule has 10 heteroatoms.